The number of benzene rings is 1. The molecule has 1 aromatic carbocycles. The molecule has 0 aliphatic carbocycles. The molecule has 0 saturated heterocycles. The lowest BCUT2D eigenvalue weighted by Crippen LogP contribution is -2.19. The van der Waals surface area contributed by atoms with Crippen LogP contribution in [0.5, 0.6) is 0 Å². The first-order valence-corrected chi connectivity index (χ1v) is 7.65. The van der Waals surface area contributed by atoms with Crippen LogP contribution in [0.15, 0.2) is 24.3 Å². The largest absolute Gasteiger partial charge is 0.383 e. The quantitative estimate of drug-likeness (QED) is 0.674. The minimum atomic E-state index is -0.126. The second kappa shape index (κ2) is 5.48. The number of thiazole rings is 1. The Balaban J connectivity index is 2.47. The van der Waals surface area contributed by atoms with E-state index in [0.29, 0.717) is 0 Å². The highest BCUT2D eigenvalue weighted by Crippen LogP contribution is 2.34. The third kappa shape index (κ3) is 3.24. The van der Waals surface area contributed by atoms with E-state index >= 15 is 0 Å². The first-order chi connectivity index (χ1) is 9.70. The Morgan fingerprint density at radius 3 is 2.14 bits per heavy atom. The highest BCUT2D eigenvalue weighted by atomic mass is 32.1. The number of amidine groups is 1. The van der Waals surface area contributed by atoms with Gasteiger partial charge in [-0.05, 0) is 24.3 Å². The minimum absolute atomic E-state index is 0.0913. The van der Waals surface area contributed by atoms with Crippen LogP contribution in [0.3, 0.4) is 0 Å². The van der Waals surface area contributed by atoms with Gasteiger partial charge >= 0.3 is 0 Å². The van der Waals surface area contributed by atoms with E-state index in [2.05, 4.69) is 49.9 Å². The molecule has 1 heterocycles. The predicted molar refractivity (Wildman–Crippen MR) is 91.6 cm³/mol. The summed E-state index contributed by atoms with van der Waals surface area (Å²) in [5, 5.41) is 8.68. The van der Waals surface area contributed by atoms with E-state index in [4.69, 9.17) is 16.1 Å². The molecule has 0 atom stereocenters. The van der Waals surface area contributed by atoms with Crippen molar-refractivity contribution in [3.8, 4) is 10.6 Å². The molecule has 2 aromatic rings. The van der Waals surface area contributed by atoms with Crippen molar-refractivity contribution in [2.75, 3.05) is 19.0 Å². The molecule has 0 radical (unpaired) electrons. The second-order valence-electron chi connectivity index (χ2n) is 6.30. The molecule has 112 valence electrons. The Labute approximate surface area is 130 Å². The van der Waals surface area contributed by atoms with Gasteiger partial charge in [-0.25, -0.2) is 4.98 Å². The molecule has 0 amide bonds. The van der Waals surface area contributed by atoms with Crippen LogP contribution in [-0.2, 0) is 5.41 Å². The maximum absolute atomic E-state index is 7.76. The second-order valence-corrected chi connectivity index (χ2v) is 7.30. The first-order valence-electron chi connectivity index (χ1n) is 6.83. The van der Waals surface area contributed by atoms with Crippen LogP contribution in [0.25, 0.3) is 10.6 Å². The van der Waals surface area contributed by atoms with Crippen LogP contribution in [0.2, 0.25) is 0 Å². The fraction of sp³-hybridized carbons (Fsp3) is 0.375. The van der Waals surface area contributed by atoms with Crippen LogP contribution < -0.4 is 10.6 Å². The summed E-state index contributed by atoms with van der Waals surface area (Å²) < 4.78 is 0. The van der Waals surface area contributed by atoms with E-state index < -0.39 is 0 Å². The van der Waals surface area contributed by atoms with Crippen molar-refractivity contribution >= 4 is 22.9 Å². The van der Waals surface area contributed by atoms with Crippen molar-refractivity contribution < 1.29 is 0 Å². The number of aromatic nitrogens is 1. The van der Waals surface area contributed by atoms with Gasteiger partial charge in [0.1, 0.15) is 10.8 Å². The van der Waals surface area contributed by atoms with Crippen molar-refractivity contribution in [3.63, 3.8) is 0 Å². The van der Waals surface area contributed by atoms with Crippen molar-refractivity contribution in [3.05, 3.63) is 34.8 Å². The smallest absolute Gasteiger partial charge is 0.135 e. The van der Waals surface area contributed by atoms with Gasteiger partial charge in [-0.2, -0.15) is 0 Å². The summed E-state index contributed by atoms with van der Waals surface area (Å²) in [5.74, 6) is 0.0913. The number of nitrogens with zero attached hydrogens (tertiary/aromatic N) is 2. The summed E-state index contributed by atoms with van der Waals surface area (Å²) in [7, 11) is 4.04. The average molecular weight is 302 g/mol. The molecule has 21 heavy (non-hydrogen) atoms. The molecule has 5 heteroatoms. The molecule has 0 spiro atoms. The number of rotatable bonds is 3. The van der Waals surface area contributed by atoms with Crippen molar-refractivity contribution in [1.29, 1.82) is 5.41 Å². The first kappa shape index (κ1) is 15.5. The van der Waals surface area contributed by atoms with Gasteiger partial charge in [0.05, 0.1) is 10.6 Å². The summed E-state index contributed by atoms with van der Waals surface area (Å²) in [5.41, 5.74) is 8.69. The molecule has 0 fully saturated rings. The van der Waals surface area contributed by atoms with Crippen LogP contribution in [0.4, 0.5) is 5.69 Å². The van der Waals surface area contributed by atoms with E-state index in [1.807, 2.05) is 14.1 Å². The van der Waals surface area contributed by atoms with Gasteiger partial charge in [0.15, 0.2) is 0 Å². The molecule has 0 aliphatic rings. The van der Waals surface area contributed by atoms with E-state index in [9.17, 15) is 0 Å². The summed E-state index contributed by atoms with van der Waals surface area (Å²) in [4.78, 5) is 7.57. The predicted octanol–water partition coefficient (Wildman–Crippen LogP) is 3.46. The highest BCUT2D eigenvalue weighted by molar-refractivity contribution is 7.17. The summed E-state index contributed by atoms with van der Waals surface area (Å²) in [6, 6.07) is 8.26. The molecule has 1 aromatic heterocycles. The number of hydrogen-bond donors (Lipinski definition) is 2. The Bertz CT molecular complexity index is 648. The average Bonchev–Trinajstić information content (AvgIpc) is 2.84. The Hall–Kier alpha value is -1.88. The van der Waals surface area contributed by atoms with Crippen molar-refractivity contribution in [2.45, 2.75) is 26.2 Å². The van der Waals surface area contributed by atoms with Gasteiger partial charge in [0.2, 0.25) is 0 Å². The fourth-order valence-corrected chi connectivity index (χ4v) is 3.18. The number of anilines is 1. The fourth-order valence-electron chi connectivity index (χ4n) is 2.04. The maximum Gasteiger partial charge on any atom is 0.135 e. The lowest BCUT2D eigenvalue weighted by atomic mass is 9.91. The van der Waals surface area contributed by atoms with Crippen molar-refractivity contribution in [2.24, 2.45) is 5.73 Å². The van der Waals surface area contributed by atoms with E-state index in [-0.39, 0.29) is 11.3 Å². The summed E-state index contributed by atoms with van der Waals surface area (Å²) in [6.45, 7) is 6.27. The lowest BCUT2D eigenvalue weighted by Gasteiger charge is -2.16. The van der Waals surface area contributed by atoms with E-state index in [1.165, 1.54) is 11.3 Å². The monoisotopic (exact) mass is 302 g/mol. The minimum Gasteiger partial charge on any atom is -0.383 e. The van der Waals surface area contributed by atoms with Gasteiger partial charge in [-0.15, -0.1) is 11.3 Å². The highest BCUT2D eigenvalue weighted by Gasteiger charge is 2.25. The van der Waals surface area contributed by atoms with Gasteiger partial charge in [0.25, 0.3) is 0 Å². The third-order valence-electron chi connectivity index (χ3n) is 3.21. The molecule has 0 bridgehead atoms. The van der Waals surface area contributed by atoms with Gasteiger partial charge in [-0.1, -0.05) is 20.8 Å². The van der Waals surface area contributed by atoms with Gasteiger partial charge < -0.3 is 10.6 Å². The lowest BCUT2D eigenvalue weighted by molar-refractivity contribution is 0.572. The number of hydrogen-bond acceptors (Lipinski definition) is 4. The molecule has 0 saturated carbocycles. The Kier molecular flexibility index (Phi) is 4.05. The van der Waals surface area contributed by atoms with Gasteiger partial charge in [0, 0.05) is 30.8 Å². The summed E-state index contributed by atoms with van der Waals surface area (Å²) >= 11 is 1.49. The van der Waals surface area contributed by atoms with Gasteiger partial charge in [-0.3, -0.25) is 5.41 Å². The van der Waals surface area contributed by atoms with E-state index in [1.54, 1.807) is 0 Å². The standard InChI is InChI=1S/C16H22N4S/c1-16(2,3)13-12(14(17)18)21-15(19-13)10-6-8-11(9-7-10)20(4)5/h6-9H,1-5H3,(H3,17,18). The number of nitrogens with one attached hydrogen (secondary N) is 1. The topological polar surface area (TPSA) is 66.0 Å². The normalized spacial score (nSPS) is 11.5. The zero-order valence-corrected chi connectivity index (χ0v) is 14.0. The van der Waals surface area contributed by atoms with Crippen LogP contribution in [-0.4, -0.2) is 24.9 Å². The van der Waals surface area contributed by atoms with Crippen LogP contribution >= 0.6 is 11.3 Å². The molecule has 2 rings (SSSR count). The molecule has 0 aliphatic heterocycles. The number of nitrogen functional groups attached to an aromatic ring is 1. The Morgan fingerprint density at radius 1 is 1.19 bits per heavy atom. The zero-order valence-electron chi connectivity index (χ0n) is 13.2. The van der Waals surface area contributed by atoms with Crippen LogP contribution in [0, 0.1) is 5.41 Å². The molecule has 4 nitrogen and oxygen atoms in total. The summed E-state index contributed by atoms with van der Waals surface area (Å²) in [6.07, 6.45) is 0. The SMILES string of the molecule is CN(C)c1ccc(-c2nc(C(C)(C)C)c(C(=N)N)s2)cc1. The van der Waals surface area contributed by atoms with Crippen molar-refractivity contribution in [1.82, 2.24) is 4.98 Å². The maximum atomic E-state index is 7.76. The molecular formula is C16H22N4S. The third-order valence-corrected chi connectivity index (χ3v) is 4.35. The van der Waals surface area contributed by atoms with Crippen LogP contribution in [0.1, 0.15) is 31.3 Å². The van der Waals surface area contributed by atoms with E-state index in [0.717, 1.165) is 26.8 Å². The number of nitrogens with two attached hydrogens (primary N) is 1. The Morgan fingerprint density at radius 2 is 1.76 bits per heavy atom. The zero-order chi connectivity index (χ0) is 15.8. The molecular weight excluding hydrogens is 280 g/mol. The molecule has 3 N–H and O–H groups in total. The molecule has 0 unspecified atom stereocenters.